The van der Waals surface area contributed by atoms with Gasteiger partial charge in [0.2, 0.25) is 0 Å². The molecular formula is C48H54I4O8. The Morgan fingerprint density at radius 3 is 1.13 bits per heavy atom. The monoisotopic (exact) mass is 1270 g/mol. The number of rotatable bonds is 19. The maximum absolute atomic E-state index is 12.7. The van der Waals surface area contributed by atoms with Gasteiger partial charge >= 0.3 is 11.9 Å². The van der Waals surface area contributed by atoms with Crippen molar-refractivity contribution < 1.29 is 38.0 Å². The van der Waals surface area contributed by atoms with Crippen molar-refractivity contribution in [3.63, 3.8) is 0 Å². The predicted molar refractivity (Wildman–Crippen MR) is 268 cm³/mol. The van der Waals surface area contributed by atoms with Crippen LogP contribution in [0.15, 0.2) is 72.8 Å². The van der Waals surface area contributed by atoms with Crippen LogP contribution in [0, 0.1) is 14.3 Å². The van der Waals surface area contributed by atoms with Crippen LogP contribution in [-0.4, -0.2) is 36.4 Å². The number of benzene rings is 4. The van der Waals surface area contributed by atoms with E-state index in [0.717, 1.165) is 114 Å². The summed E-state index contributed by atoms with van der Waals surface area (Å²) in [6, 6.07) is 24.7. The number of carbonyl (C=O) groups is 2. The summed E-state index contributed by atoms with van der Waals surface area (Å²) in [7, 11) is 0. The topological polar surface area (TPSA) is 89.5 Å². The molecule has 0 aliphatic heterocycles. The van der Waals surface area contributed by atoms with Crippen LogP contribution in [-0.2, 0) is 45.1 Å². The Morgan fingerprint density at radius 1 is 0.483 bits per heavy atom. The Morgan fingerprint density at radius 2 is 0.817 bits per heavy atom. The fourth-order valence-corrected chi connectivity index (χ4v) is 12.5. The SMILES string of the molecule is CCC1(OC(=O)COc2c(I)cc(COc3ccc(CCc4ccc(OCc5cc(I)c(OCC(=O)OC6(CC)CCCCC6)c(I)c5)cc4)cc3)cc2I)CCCCC1. The highest BCUT2D eigenvalue weighted by molar-refractivity contribution is 14.1. The highest BCUT2D eigenvalue weighted by atomic mass is 127. The van der Waals surface area contributed by atoms with Crippen LogP contribution in [0.4, 0.5) is 0 Å². The van der Waals surface area contributed by atoms with E-state index in [0.29, 0.717) is 24.7 Å². The van der Waals surface area contributed by atoms with E-state index < -0.39 is 0 Å². The Hall–Kier alpha value is -2.06. The highest BCUT2D eigenvalue weighted by Crippen LogP contribution is 2.37. The predicted octanol–water partition coefficient (Wildman–Crippen LogP) is 13.1. The number of hydrogen-bond donors (Lipinski definition) is 0. The zero-order chi connectivity index (χ0) is 42.5. The second-order valence-electron chi connectivity index (χ2n) is 15.9. The van der Waals surface area contributed by atoms with Gasteiger partial charge in [-0.2, -0.15) is 0 Å². The molecule has 6 rings (SSSR count). The van der Waals surface area contributed by atoms with Crippen LogP contribution in [0.25, 0.3) is 0 Å². The lowest BCUT2D eigenvalue weighted by atomic mass is 9.83. The fraction of sp³-hybridized carbons (Fsp3) is 0.458. The van der Waals surface area contributed by atoms with Crippen molar-refractivity contribution in [2.24, 2.45) is 0 Å². The number of aryl methyl sites for hydroxylation is 2. The molecule has 2 saturated carbocycles. The van der Waals surface area contributed by atoms with Gasteiger partial charge in [-0.25, -0.2) is 9.59 Å². The van der Waals surface area contributed by atoms with Gasteiger partial charge in [-0.1, -0.05) is 51.0 Å². The van der Waals surface area contributed by atoms with E-state index in [4.69, 9.17) is 28.4 Å². The third kappa shape index (κ3) is 13.7. The Bertz CT molecular complexity index is 1850. The summed E-state index contributed by atoms with van der Waals surface area (Å²) >= 11 is 9.03. The summed E-state index contributed by atoms with van der Waals surface area (Å²) in [5, 5.41) is 0. The molecule has 12 heteroatoms. The smallest absolute Gasteiger partial charge is 0.344 e. The maximum atomic E-state index is 12.7. The van der Waals surface area contributed by atoms with E-state index in [9.17, 15) is 9.59 Å². The van der Waals surface area contributed by atoms with Gasteiger partial charge in [0.05, 0.1) is 14.3 Å². The quantitative estimate of drug-likeness (QED) is 0.0678. The summed E-state index contributed by atoms with van der Waals surface area (Å²) in [5.41, 5.74) is 3.88. The molecule has 322 valence electrons. The van der Waals surface area contributed by atoms with Gasteiger partial charge in [-0.05, 0) is 238 Å². The molecule has 2 aliphatic carbocycles. The van der Waals surface area contributed by atoms with Gasteiger partial charge in [0, 0.05) is 0 Å². The van der Waals surface area contributed by atoms with Gasteiger partial charge in [0.25, 0.3) is 0 Å². The van der Waals surface area contributed by atoms with Gasteiger partial charge in [-0.3, -0.25) is 0 Å². The molecule has 0 bridgehead atoms. The van der Waals surface area contributed by atoms with Crippen molar-refractivity contribution in [1.82, 2.24) is 0 Å². The van der Waals surface area contributed by atoms with Crippen molar-refractivity contribution >= 4 is 102 Å². The molecule has 0 spiro atoms. The van der Waals surface area contributed by atoms with Gasteiger partial charge in [-0.15, -0.1) is 0 Å². The first-order valence-corrected chi connectivity index (χ1v) is 25.4. The van der Waals surface area contributed by atoms with Crippen LogP contribution in [0.1, 0.15) is 113 Å². The second kappa shape index (κ2) is 23.0. The first kappa shape index (κ1) is 47.4. The lowest BCUT2D eigenvalue weighted by molar-refractivity contribution is -0.167. The minimum atomic E-state index is -0.331. The molecule has 0 N–H and O–H groups in total. The molecule has 2 fully saturated rings. The summed E-state index contributed by atoms with van der Waals surface area (Å²) < 4.78 is 39.8. The Balaban J connectivity index is 0.908. The van der Waals surface area contributed by atoms with E-state index in [2.05, 4.69) is 128 Å². The largest absolute Gasteiger partial charge is 0.489 e. The lowest BCUT2D eigenvalue weighted by Crippen LogP contribution is -2.38. The minimum absolute atomic E-state index is 0.0925. The number of esters is 2. The van der Waals surface area contributed by atoms with Gasteiger partial charge < -0.3 is 28.4 Å². The normalized spacial score (nSPS) is 15.8. The average Bonchev–Trinajstić information content (AvgIpc) is 3.25. The Labute approximate surface area is 409 Å². The van der Waals surface area contributed by atoms with E-state index >= 15 is 0 Å². The summed E-state index contributed by atoms with van der Waals surface area (Å²) in [6.07, 6.45) is 14.1. The van der Waals surface area contributed by atoms with E-state index in [-0.39, 0.29) is 36.4 Å². The van der Waals surface area contributed by atoms with Crippen molar-refractivity contribution in [3.8, 4) is 23.0 Å². The molecule has 2 aliphatic rings. The Kier molecular flexibility index (Phi) is 18.2. The number of halogens is 4. The molecule has 0 atom stereocenters. The molecule has 0 aromatic heterocycles. The van der Waals surface area contributed by atoms with E-state index in [1.54, 1.807) is 0 Å². The first-order valence-electron chi connectivity index (χ1n) is 21.1. The molecule has 8 nitrogen and oxygen atoms in total. The summed E-state index contributed by atoms with van der Waals surface area (Å²) in [5.74, 6) is 2.43. The van der Waals surface area contributed by atoms with Crippen molar-refractivity contribution in [1.29, 1.82) is 0 Å². The van der Waals surface area contributed by atoms with Crippen LogP contribution in [0.2, 0.25) is 0 Å². The first-order chi connectivity index (χ1) is 29.0. The fourth-order valence-electron chi connectivity index (χ4n) is 8.05. The van der Waals surface area contributed by atoms with Crippen molar-refractivity contribution in [3.05, 3.63) is 109 Å². The van der Waals surface area contributed by atoms with Crippen LogP contribution in [0.5, 0.6) is 23.0 Å². The van der Waals surface area contributed by atoms with Gasteiger partial charge in [0.15, 0.2) is 13.2 Å². The molecule has 0 unspecified atom stereocenters. The summed E-state index contributed by atoms with van der Waals surface area (Å²) in [4.78, 5) is 25.4. The minimum Gasteiger partial charge on any atom is -0.489 e. The zero-order valence-corrected chi connectivity index (χ0v) is 43.1. The second-order valence-corrected chi connectivity index (χ2v) is 20.5. The molecule has 4 aromatic rings. The molecule has 0 saturated heterocycles. The average molecular weight is 1270 g/mol. The standard InChI is InChI=1S/C48H54I4O8/c1-3-47(21-7-5-8-22-47)59-43(53)31-57-45-39(49)25-35(26-40(45)50)29-55-37-17-13-33(14-18-37)11-12-34-15-19-38(20-16-34)56-30-36-27-41(51)46(42(52)28-36)58-32-44(54)60-48(4-2)23-9-6-10-24-48/h13-20,25-28H,3-12,21-24,29-32H2,1-2H3. The number of ether oxygens (including phenoxy) is 6. The molecule has 0 radical (unpaired) electrons. The molecule has 60 heavy (non-hydrogen) atoms. The number of hydrogen-bond acceptors (Lipinski definition) is 8. The zero-order valence-electron chi connectivity index (χ0n) is 34.4. The van der Waals surface area contributed by atoms with Crippen LogP contribution >= 0.6 is 90.4 Å². The maximum Gasteiger partial charge on any atom is 0.344 e. The highest BCUT2D eigenvalue weighted by Gasteiger charge is 2.35. The van der Waals surface area contributed by atoms with Gasteiger partial charge in [0.1, 0.15) is 47.4 Å². The molecule has 0 heterocycles. The van der Waals surface area contributed by atoms with E-state index in [1.165, 1.54) is 24.0 Å². The third-order valence-corrected chi connectivity index (χ3v) is 14.8. The molecule has 4 aromatic carbocycles. The lowest BCUT2D eigenvalue weighted by Gasteiger charge is -2.35. The van der Waals surface area contributed by atoms with Crippen LogP contribution < -0.4 is 18.9 Å². The third-order valence-electron chi connectivity index (χ3n) is 11.6. The van der Waals surface area contributed by atoms with Crippen LogP contribution in [0.3, 0.4) is 0 Å². The van der Waals surface area contributed by atoms with Crippen molar-refractivity contribution in [2.45, 2.75) is 128 Å². The molecule has 0 amide bonds. The molecular weight excluding hydrogens is 1210 g/mol. The van der Waals surface area contributed by atoms with Crippen molar-refractivity contribution in [2.75, 3.05) is 13.2 Å². The van der Waals surface area contributed by atoms with E-state index in [1.807, 2.05) is 48.5 Å². The summed E-state index contributed by atoms with van der Waals surface area (Å²) in [6.45, 7) is 4.87. The number of carbonyl (C=O) groups excluding carboxylic acids is 2.